The second kappa shape index (κ2) is 6.73. The van der Waals surface area contributed by atoms with Crippen molar-refractivity contribution < 1.29 is 4.74 Å². The molecule has 1 aromatic carbocycles. The molecule has 0 radical (unpaired) electrons. The molecule has 0 aliphatic carbocycles. The predicted octanol–water partition coefficient (Wildman–Crippen LogP) is 4.34. The molecule has 0 N–H and O–H groups in total. The molecule has 1 atom stereocenters. The molecule has 0 aliphatic heterocycles. The van der Waals surface area contributed by atoms with Crippen molar-refractivity contribution >= 4 is 15.9 Å². The topological polar surface area (TPSA) is 45.9 Å². The van der Waals surface area contributed by atoms with Crippen LogP contribution in [0, 0.1) is 17.2 Å². The van der Waals surface area contributed by atoms with Crippen molar-refractivity contribution in [2.75, 3.05) is 6.61 Å². The molecule has 0 amide bonds. The van der Waals surface area contributed by atoms with Gasteiger partial charge in [-0.2, -0.15) is 5.26 Å². The molecular weight excluding hydrogens is 328 g/mol. The predicted molar refractivity (Wildman–Crippen MR) is 86.0 cm³/mol. The first-order valence-electron chi connectivity index (χ1n) is 6.78. The average Bonchev–Trinajstić information content (AvgIpc) is 2.51. The number of hydrogen-bond donors (Lipinski definition) is 0. The molecule has 1 heterocycles. The van der Waals surface area contributed by atoms with E-state index in [1.165, 1.54) is 0 Å². The molecule has 21 heavy (non-hydrogen) atoms. The van der Waals surface area contributed by atoms with Gasteiger partial charge in [-0.25, -0.2) is 0 Å². The van der Waals surface area contributed by atoms with Crippen LogP contribution in [0.2, 0.25) is 0 Å². The molecule has 2 rings (SSSR count). The van der Waals surface area contributed by atoms with E-state index in [4.69, 9.17) is 4.74 Å². The fourth-order valence-electron chi connectivity index (χ4n) is 2.16. The normalized spacial score (nSPS) is 13.5. The van der Waals surface area contributed by atoms with Crippen LogP contribution in [0.3, 0.4) is 0 Å². The van der Waals surface area contributed by atoms with Crippen molar-refractivity contribution in [2.24, 2.45) is 5.92 Å². The zero-order valence-corrected chi connectivity index (χ0v) is 13.7. The molecule has 0 spiro atoms. The van der Waals surface area contributed by atoms with E-state index in [-0.39, 0.29) is 5.92 Å². The lowest BCUT2D eigenvalue weighted by Gasteiger charge is -2.30. The largest absolute Gasteiger partial charge is 0.492 e. The van der Waals surface area contributed by atoms with Crippen LogP contribution in [0.5, 0.6) is 5.75 Å². The maximum atomic E-state index is 9.76. The first-order valence-corrected chi connectivity index (χ1v) is 7.58. The van der Waals surface area contributed by atoms with E-state index in [9.17, 15) is 5.26 Å². The van der Waals surface area contributed by atoms with Gasteiger partial charge in [0, 0.05) is 16.9 Å². The monoisotopic (exact) mass is 344 g/mol. The Hall–Kier alpha value is -1.86. The molecule has 0 bridgehead atoms. The highest BCUT2D eigenvalue weighted by molar-refractivity contribution is 9.10. The first-order chi connectivity index (χ1) is 10.1. The van der Waals surface area contributed by atoms with Crippen molar-refractivity contribution in [3.63, 3.8) is 0 Å². The van der Waals surface area contributed by atoms with Gasteiger partial charge < -0.3 is 4.74 Å². The van der Waals surface area contributed by atoms with Gasteiger partial charge in [-0.1, -0.05) is 35.8 Å². The standard InChI is InChI=1S/C17H17BrN2O/c1-13(2)17(11-19,14-4-3-9-20-10-14)12-21-16-7-5-15(18)6-8-16/h3-10,13H,12H2,1-2H3. The summed E-state index contributed by atoms with van der Waals surface area (Å²) in [6.07, 6.45) is 3.45. The van der Waals surface area contributed by atoms with Crippen LogP contribution < -0.4 is 4.74 Å². The van der Waals surface area contributed by atoms with Gasteiger partial charge in [0.25, 0.3) is 0 Å². The molecule has 1 aromatic heterocycles. The number of ether oxygens (including phenoxy) is 1. The van der Waals surface area contributed by atoms with Crippen molar-refractivity contribution in [2.45, 2.75) is 19.3 Å². The SMILES string of the molecule is CC(C)C(C#N)(COc1ccc(Br)cc1)c1cccnc1. The minimum atomic E-state index is -0.707. The molecule has 4 heteroatoms. The number of hydrogen-bond acceptors (Lipinski definition) is 3. The number of halogens is 1. The van der Waals surface area contributed by atoms with Crippen LogP contribution in [-0.4, -0.2) is 11.6 Å². The molecule has 1 unspecified atom stereocenters. The van der Waals surface area contributed by atoms with Crippen LogP contribution in [0.4, 0.5) is 0 Å². The number of benzene rings is 1. The van der Waals surface area contributed by atoms with E-state index in [2.05, 4.69) is 27.0 Å². The highest BCUT2D eigenvalue weighted by Gasteiger charge is 2.37. The quantitative estimate of drug-likeness (QED) is 0.810. The zero-order chi connectivity index (χ0) is 15.3. The van der Waals surface area contributed by atoms with E-state index >= 15 is 0 Å². The molecule has 3 nitrogen and oxygen atoms in total. The van der Waals surface area contributed by atoms with E-state index in [0.29, 0.717) is 6.61 Å². The van der Waals surface area contributed by atoms with E-state index < -0.39 is 5.41 Å². The summed E-state index contributed by atoms with van der Waals surface area (Å²) >= 11 is 3.39. The molecule has 2 aromatic rings. The van der Waals surface area contributed by atoms with Gasteiger partial charge in [0.1, 0.15) is 17.8 Å². The van der Waals surface area contributed by atoms with Gasteiger partial charge in [-0.3, -0.25) is 4.98 Å². The van der Waals surface area contributed by atoms with Gasteiger partial charge >= 0.3 is 0 Å². The fourth-order valence-corrected chi connectivity index (χ4v) is 2.43. The van der Waals surface area contributed by atoms with Crippen LogP contribution in [0.15, 0.2) is 53.3 Å². The van der Waals surface area contributed by atoms with Crippen molar-refractivity contribution in [3.05, 3.63) is 58.8 Å². The van der Waals surface area contributed by atoms with Gasteiger partial charge in [-0.15, -0.1) is 0 Å². The van der Waals surface area contributed by atoms with Crippen LogP contribution in [-0.2, 0) is 5.41 Å². The summed E-state index contributed by atoms with van der Waals surface area (Å²) in [5, 5.41) is 9.76. The Balaban J connectivity index is 2.26. The van der Waals surface area contributed by atoms with Gasteiger partial charge in [0.15, 0.2) is 0 Å². The Morgan fingerprint density at radius 2 is 2.00 bits per heavy atom. The van der Waals surface area contributed by atoms with Crippen molar-refractivity contribution in [3.8, 4) is 11.8 Å². The molecule has 0 saturated heterocycles. The Kier molecular flexibility index (Phi) is 4.98. The second-order valence-corrected chi connectivity index (χ2v) is 6.14. The lowest BCUT2D eigenvalue weighted by atomic mass is 9.74. The Morgan fingerprint density at radius 1 is 1.29 bits per heavy atom. The fraction of sp³-hybridized carbons (Fsp3) is 0.294. The minimum absolute atomic E-state index is 0.113. The lowest BCUT2D eigenvalue weighted by Crippen LogP contribution is -2.37. The van der Waals surface area contributed by atoms with Crippen LogP contribution in [0.1, 0.15) is 19.4 Å². The Bertz CT molecular complexity index is 619. The smallest absolute Gasteiger partial charge is 0.120 e. The number of nitrogens with zero attached hydrogens (tertiary/aromatic N) is 2. The first kappa shape index (κ1) is 15.5. The summed E-state index contributed by atoms with van der Waals surface area (Å²) in [6, 6.07) is 13.8. The van der Waals surface area contributed by atoms with Crippen molar-refractivity contribution in [1.82, 2.24) is 4.98 Å². The maximum absolute atomic E-state index is 9.76. The third-order valence-corrected chi connectivity index (χ3v) is 4.17. The summed E-state index contributed by atoms with van der Waals surface area (Å²) < 4.78 is 6.86. The average molecular weight is 345 g/mol. The van der Waals surface area contributed by atoms with Gasteiger partial charge in [-0.05, 0) is 41.8 Å². The number of rotatable bonds is 5. The Morgan fingerprint density at radius 3 is 2.52 bits per heavy atom. The third kappa shape index (κ3) is 3.43. The molecule has 0 fully saturated rings. The Labute approximate surface area is 133 Å². The lowest BCUT2D eigenvalue weighted by molar-refractivity contribution is 0.212. The summed E-state index contributed by atoms with van der Waals surface area (Å²) in [7, 11) is 0. The highest BCUT2D eigenvalue weighted by Crippen LogP contribution is 2.32. The molecule has 0 aliphatic rings. The highest BCUT2D eigenvalue weighted by atomic mass is 79.9. The summed E-state index contributed by atoms with van der Waals surface area (Å²) in [5.74, 6) is 0.865. The summed E-state index contributed by atoms with van der Waals surface area (Å²) in [6.45, 7) is 4.36. The second-order valence-electron chi connectivity index (χ2n) is 5.22. The van der Waals surface area contributed by atoms with Crippen molar-refractivity contribution in [1.29, 1.82) is 5.26 Å². The molecule has 108 valence electrons. The minimum Gasteiger partial charge on any atom is -0.492 e. The maximum Gasteiger partial charge on any atom is 0.120 e. The van der Waals surface area contributed by atoms with E-state index in [1.54, 1.807) is 12.4 Å². The summed E-state index contributed by atoms with van der Waals surface area (Å²) in [5.41, 5.74) is 0.182. The summed E-state index contributed by atoms with van der Waals surface area (Å²) in [4.78, 5) is 4.13. The number of aromatic nitrogens is 1. The molecular formula is C17H17BrN2O. The van der Waals surface area contributed by atoms with E-state index in [1.807, 2.05) is 50.2 Å². The van der Waals surface area contributed by atoms with Gasteiger partial charge in [0.2, 0.25) is 0 Å². The number of nitriles is 1. The van der Waals surface area contributed by atoms with Crippen LogP contribution >= 0.6 is 15.9 Å². The van der Waals surface area contributed by atoms with Crippen LogP contribution in [0.25, 0.3) is 0 Å². The zero-order valence-electron chi connectivity index (χ0n) is 12.1. The van der Waals surface area contributed by atoms with Gasteiger partial charge in [0.05, 0.1) is 6.07 Å². The molecule has 0 saturated carbocycles. The number of pyridine rings is 1. The third-order valence-electron chi connectivity index (χ3n) is 3.64. The van der Waals surface area contributed by atoms with E-state index in [0.717, 1.165) is 15.8 Å².